The number of aliphatic hydroxyl groups excluding tert-OH is 2. The minimum atomic E-state index is -0.125. The van der Waals surface area contributed by atoms with Crippen molar-refractivity contribution in [1.29, 1.82) is 0 Å². The van der Waals surface area contributed by atoms with Gasteiger partial charge in [-0.25, -0.2) is 0 Å². The maximum atomic E-state index is 7.62. The molecule has 3 nitrogen and oxygen atoms in total. The summed E-state index contributed by atoms with van der Waals surface area (Å²) in [5, 5.41) is 15.2. The third kappa shape index (κ3) is 7.88. The van der Waals surface area contributed by atoms with Crippen molar-refractivity contribution in [3.05, 3.63) is 0 Å². The lowest BCUT2D eigenvalue weighted by atomic mass is 10.4. The number of ether oxygens (including phenoxy) is 1. The van der Waals surface area contributed by atoms with Crippen LogP contribution in [0.4, 0.5) is 0 Å². The van der Waals surface area contributed by atoms with Gasteiger partial charge in [-0.1, -0.05) is 6.92 Å². The van der Waals surface area contributed by atoms with E-state index >= 15 is 0 Å². The summed E-state index contributed by atoms with van der Waals surface area (Å²) in [5.74, 6) is 0. The van der Waals surface area contributed by atoms with Gasteiger partial charge in [0.05, 0.1) is 25.9 Å². The highest BCUT2D eigenvalue weighted by Crippen LogP contribution is 2.10. The third-order valence-corrected chi connectivity index (χ3v) is 0.958. The van der Waals surface area contributed by atoms with Gasteiger partial charge in [-0.3, -0.25) is 0 Å². The maximum absolute atomic E-state index is 7.62. The van der Waals surface area contributed by atoms with Crippen molar-refractivity contribution < 1.29 is 14.9 Å². The largest absolute Gasteiger partial charge is 0.394 e. The summed E-state index contributed by atoms with van der Waals surface area (Å²) in [7, 11) is 0. The summed E-state index contributed by atoms with van der Waals surface area (Å²) in [6, 6.07) is 0. The van der Waals surface area contributed by atoms with E-state index in [0.717, 1.165) is 6.61 Å². The molecule has 0 amide bonds. The van der Waals surface area contributed by atoms with Crippen LogP contribution in [0.1, 0.15) is 13.3 Å². The van der Waals surface area contributed by atoms with Gasteiger partial charge >= 0.3 is 0 Å². The first-order valence-corrected chi connectivity index (χ1v) is 3.18. The van der Waals surface area contributed by atoms with Crippen LogP contribution in [0.2, 0.25) is 0 Å². The van der Waals surface area contributed by atoms with Gasteiger partial charge in [0.1, 0.15) is 0 Å². The van der Waals surface area contributed by atoms with Gasteiger partial charge in [0.25, 0.3) is 0 Å². The molecule has 0 radical (unpaired) electrons. The van der Waals surface area contributed by atoms with Crippen LogP contribution in [-0.4, -0.2) is 36.1 Å². The van der Waals surface area contributed by atoms with Crippen molar-refractivity contribution in [3.63, 3.8) is 0 Å². The van der Waals surface area contributed by atoms with Gasteiger partial charge in [-0.15, -0.1) is 0 Å². The van der Waals surface area contributed by atoms with E-state index in [1.807, 2.05) is 0 Å². The molecule has 1 saturated heterocycles. The van der Waals surface area contributed by atoms with Gasteiger partial charge in [0.2, 0.25) is 0 Å². The van der Waals surface area contributed by atoms with Gasteiger partial charge < -0.3 is 14.9 Å². The van der Waals surface area contributed by atoms with Crippen molar-refractivity contribution in [1.82, 2.24) is 0 Å². The summed E-state index contributed by atoms with van der Waals surface area (Å²) in [6.07, 6.45) is 1.83. The Kier molecular flexibility index (Phi) is 5.93. The van der Waals surface area contributed by atoms with E-state index in [2.05, 4.69) is 6.92 Å². The Hall–Kier alpha value is -0.120. The van der Waals surface area contributed by atoms with Gasteiger partial charge in [0, 0.05) is 0 Å². The molecule has 1 heterocycles. The molecule has 0 aromatic rings. The zero-order chi connectivity index (χ0) is 7.11. The van der Waals surface area contributed by atoms with Crippen LogP contribution in [-0.2, 0) is 4.74 Å². The molecule has 9 heavy (non-hydrogen) atoms. The predicted octanol–water partition coefficient (Wildman–Crippen LogP) is -0.234. The molecule has 1 aliphatic rings. The first-order valence-electron chi connectivity index (χ1n) is 3.18. The predicted molar refractivity (Wildman–Crippen MR) is 34.2 cm³/mol. The molecule has 1 atom stereocenters. The number of hydrogen-bond acceptors (Lipinski definition) is 3. The van der Waals surface area contributed by atoms with Crippen LogP contribution in [0.5, 0.6) is 0 Å². The van der Waals surface area contributed by atoms with E-state index in [4.69, 9.17) is 14.9 Å². The molecular formula is C6H14O3. The molecule has 0 aromatic carbocycles. The Bertz CT molecular complexity index is 50.3. The Morgan fingerprint density at radius 2 is 1.89 bits per heavy atom. The van der Waals surface area contributed by atoms with Crippen molar-refractivity contribution in [2.24, 2.45) is 0 Å². The van der Waals surface area contributed by atoms with Crippen LogP contribution < -0.4 is 0 Å². The average molecular weight is 134 g/mol. The minimum absolute atomic E-state index is 0.125. The molecule has 1 aliphatic heterocycles. The molecule has 0 saturated carbocycles. The SMILES string of the molecule is CCC1CO1.OCCO. The molecule has 0 aliphatic carbocycles. The van der Waals surface area contributed by atoms with Crippen LogP contribution in [0.3, 0.4) is 0 Å². The fraction of sp³-hybridized carbons (Fsp3) is 1.00. The zero-order valence-electron chi connectivity index (χ0n) is 5.71. The van der Waals surface area contributed by atoms with Gasteiger partial charge in [-0.2, -0.15) is 0 Å². The van der Waals surface area contributed by atoms with Crippen molar-refractivity contribution in [3.8, 4) is 0 Å². The van der Waals surface area contributed by atoms with E-state index in [-0.39, 0.29) is 13.2 Å². The summed E-state index contributed by atoms with van der Waals surface area (Å²) in [6.45, 7) is 2.90. The molecule has 0 bridgehead atoms. The molecule has 56 valence electrons. The monoisotopic (exact) mass is 134 g/mol. The molecule has 3 heteroatoms. The Labute approximate surface area is 55.3 Å². The number of aliphatic hydroxyl groups is 2. The van der Waals surface area contributed by atoms with Crippen molar-refractivity contribution >= 4 is 0 Å². The summed E-state index contributed by atoms with van der Waals surface area (Å²) < 4.78 is 4.86. The fourth-order valence-electron chi connectivity index (χ4n) is 0.304. The number of epoxide rings is 1. The van der Waals surface area contributed by atoms with Gasteiger partial charge in [0.15, 0.2) is 0 Å². The Morgan fingerprint density at radius 1 is 1.44 bits per heavy atom. The lowest BCUT2D eigenvalue weighted by Crippen LogP contribution is -1.85. The van der Waals surface area contributed by atoms with Crippen molar-refractivity contribution in [2.75, 3.05) is 19.8 Å². The lowest BCUT2D eigenvalue weighted by Gasteiger charge is -1.70. The highest BCUT2D eigenvalue weighted by molar-refractivity contribution is 4.64. The normalized spacial score (nSPS) is 22.3. The molecule has 0 spiro atoms. The molecule has 0 aromatic heterocycles. The highest BCUT2D eigenvalue weighted by atomic mass is 16.6. The smallest absolute Gasteiger partial charge is 0.0807 e. The highest BCUT2D eigenvalue weighted by Gasteiger charge is 2.18. The lowest BCUT2D eigenvalue weighted by molar-refractivity contribution is 0.186. The van der Waals surface area contributed by atoms with Crippen LogP contribution in [0.15, 0.2) is 0 Å². The quantitative estimate of drug-likeness (QED) is 0.513. The van der Waals surface area contributed by atoms with E-state index in [0.29, 0.717) is 6.10 Å². The van der Waals surface area contributed by atoms with E-state index in [9.17, 15) is 0 Å². The average Bonchev–Trinajstić information content (AvgIpc) is 2.70. The first-order chi connectivity index (χ1) is 4.35. The molecule has 1 unspecified atom stereocenters. The summed E-state index contributed by atoms with van der Waals surface area (Å²) in [4.78, 5) is 0. The molecule has 2 N–H and O–H groups in total. The first kappa shape index (κ1) is 8.88. The number of rotatable bonds is 2. The summed E-state index contributed by atoms with van der Waals surface area (Å²) in [5.41, 5.74) is 0. The minimum Gasteiger partial charge on any atom is -0.394 e. The second-order valence-electron chi connectivity index (χ2n) is 1.81. The standard InChI is InChI=1S/C4H8O.C2H6O2/c1-2-4-3-5-4;3-1-2-4/h4H,2-3H2,1H3;3-4H,1-2H2. The third-order valence-electron chi connectivity index (χ3n) is 0.958. The van der Waals surface area contributed by atoms with E-state index in [1.165, 1.54) is 6.42 Å². The molecule has 1 rings (SSSR count). The number of hydrogen-bond donors (Lipinski definition) is 2. The van der Waals surface area contributed by atoms with Crippen molar-refractivity contribution in [2.45, 2.75) is 19.4 Å². The molecule has 1 fully saturated rings. The van der Waals surface area contributed by atoms with Gasteiger partial charge in [-0.05, 0) is 6.42 Å². The topological polar surface area (TPSA) is 53.0 Å². The van der Waals surface area contributed by atoms with E-state index in [1.54, 1.807) is 0 Å². The Balaban J connectivity index is 0.000000148. The van der Waals surface area contributed by atoms with E-state index < -0.39 is 0 Å². The van der Waals surface area contributed by atoms with Crippen LogP contribution in [0.25, 0.3) is 0 Å². The van der Waals surface area contributed by atoms with Crippen LogP contribution >= 0.6 is 0 Å². The Morgan fingerprint density at radius 3 is 1.89 bits per heavy atom. The second kappa shape index (κ2) is 6.01. The molecular weight excluding hydrogens is 120 g/mol. The summed E-state index contributed by atoms with van der Waals surface area (Å²) >= 11 is 0. The van der Waals surface area contributed by atoms with Crippen LogP contribution in [0, 0.1) is 0 Å². The maximum Gasteiger partial charge on any atom is 0.0807 e. The zero-order valence-corrected chi connectivity index (χ0v) is 5.71. The fourth-order valence-corrected chi connectivity index (χ4v) is 0.304. The second-order valence-corrected chi connectivity index (χ2v) is 1.81.